The van der Waals surface area contributed by atoms with Gasteiger partial charge in [-0.25, -0.2) is 4.79 Å². The van der Waals surface area contributed by atoms with Gasteiger partial charge < -0.3 is 15.3 Å². The van der Waals surface area contributed by atoms with Gasteiger partial charge in [0, 0.05) is 13.1 Å². The van der Waals surface area contributed by atoms with Crippen LogP contribution in [0.25, 0.3) is 6.08 Å². The molecule has 0 saturated heterocycles. The lowest BCUT2D eigenvalue weighted by Gasteiger charge is -2.32. The van der Waals surface area contributed by atoms with Gasteiger partial charge in [0.25, 0.3) is 0 Å². The lowest BCUT2D eigenvalue weighted by atomic mass is 9.93. The van der Waals surface area contributed by atoms with Crippen LogP contribution >= 0.6 is 0 Å². The molecule has 0 saturated carbocycles. The molecule has 6 heteroatoms. The molecule has 1 heterocycles. The van der Waals surface area contributed by atoms with Gasteiger partial charge in [0.15, 0.2) is 6.04 Å². The molecule has 2 aromatic carbocycles. The van der Waals surface area contributed by atoms with Gasteiger partial charge in [0.2, 0.25) is 11.8 Å². The Morgan fingerprint density at radius 2 is 1.74 bits per heavy atom. The minimum atomic E-state index is -1.14. The van der Waals surface area contributed by atoms with E-state index in [1.807, 2.05) is 30.3 Å². The predicted octanol–water partition coefficient (Wildman–Crippen LogP) is 2.89. The Bertz CT molecular complexity index is 892. The summed E-state index contributed by atoms with van der Waals surface area (Å²) in [5, 5.41) is 12.1. The highest BCUT2D eigenvalue weighted by atomic mass is 16.4. The van der Waals surface area contributed by atoms with Crippen LogP contribution in [-0.4, -0.2) is 27.8 Å². The second-order valence-electron chi connectivity index (χ2n) is 6.34. The minimum absolute atomic E-state index is 0.0302. The Kier molecular flexibility index (Phi) is 5.35. The first-order valence-corrected chi connectivity index (χ1v) is 8.60. The van der Waals surface area contributed by atoms with Gasteiger partial charge in [-0.05, 0) is 22.8 Å². The third-order valence-corrected chi connectivity index (χ3v) is 4.53. The van der Waals surface area contributed by atoms with Gasteiger partial charge >= 0.3 is 5.97 Å². The molecule has 2 N–H and O–H groups in total. The highest BCUT2D eigenvalue weighted by Gasteiger charge is 2.30. The summed E-state index contributed by atoms with van der Waals surface area (Å²) in [6, 6.07) is 14.4. The maximum absolute atomic E-state index is 12.6. The maximum Gasteiger partial charge on any atom is 0.330 e. The van der Waals surface area contributed by atoms with Gasteiger partial charge in [-0.3, -0.25) is 9.59 Å². The van der Waals surface area contributed by atoms with E-state index in [1.165, 1.54) is 11.8 Å². The summed E-state index contributed by atoms with van der Waals surface area (Å²) < 4.78 is 0. The Hall–Kier alpha value is -3.41. The largest absolute Gasteiger partial charge is 0.479 e. The number of fused-ring (bicyclic) bond motifs is 1. The first kappa shape index (κ1) is 18.4. The first-order valence-electron chi connectivity index (χ1n) is 8.60. The average molecular weight is 364 g/mol. The highest BCUT2D eigenvalue weighted by Crippen LogP contribution is 2.33. The Morgan fingerprint density at radius 3 is 2.41 bits per heavy atom. The Labute approximate surface area is 157 Å². The first-order chi connectivity index (χ1) is 13.0. The SMILES string of the molecule is CC(=O)N1C=Cc2ccccc2[C@H]1CC(=O)N[C@@H](C(=O)O)c1ccccc1. The van der Waals surface area contributed by atoms with Crippen LogP contribution in [0.3, 0.4) is 0 Å². The molecule has 0 unspecified atom stereocenters. The van der Waals surface area contributed by atoms with Gasteiger partial charge in [-0.15, -0.1) is 0 Å². The van der Waals surface area contributed by atoms with Crippen molar-refractivity contribution in [3.05, 3.63) is 77.5 Å². The van der Waals surface area contributed by atoms with Crippen LogP contribution in [0.4, 0.5) is 0 Å². The smallest absolute Gasteiger partial charge is 0.330 e. The molecule has 0 aliphatic carbocycles. The fraction of sp³-hybridized carbons (Fsp3) is 0.190. The van der Waals surface area contributed by atoms with E-state index in [-0.39, 0.29) is 12.3 Å². The number of benzene rings is 2. The van der Waals surface area contributed by atoms with Crippen LogP contribution in [0.15, 0.2) is 60.8 Å². The second kappa shape index (κ2) is 7.86. The molecule has 27 heavy (non-hydrogen) atoms. The number of carboxylic acids is 1. The number of rotatable bonds is 5. The van der Waals surface area contributed by atoms with E-state index in [4.69, 9.17) is 0 Å². The number of hydrogen-bond donors (Lipinski definition) is 2. The lowest BCUT2D eigenvalue weighted by molar-refractivity contribution is -0.142. The van der Waals surface area contributed by atoms with Crippen LogP contribution in [0.1, 0.15) is 42.1 Å². The Balaban J connectivity index is 1.82. The standard InChI is InChI=1S/C21H20N2O4/c1-14(24)23-12-11-15-7-5-6-10-17(15)18(23)13-19(25)22-20(21(26)27)16-8-3-2-4-9-16/h2-12,18,20H,13H2,1H3,(H,22,25)(H,26,27)/t18-,20-/m1/s1. The summed E-state index contributed by atoms with van der Waals surface area (Å²) in [5.41, 5.74) is 2.29. The number of nitrogens with one attached hydrogen (secondary N) is 1. The van der Waals surface area contributed by atoms with Gasteiger partial charge in [-0.2, -0.15) is 0 Å². The second-order valence-corrected chi connectivity index (χ2v) is 6.34. The third kappa shape index (κ3) is 4.06. The number of carbonyl (C=O) groups is 3. The molecule has 3 rings (SSSR count). The van der Waals surface area contributed by atoms with Crippen LogP contribution in [0.5, 0.6) is 0 Å². The summed E-state index contributed by atoms with van der Waals surface area (Å²) in [5.74, 6) is -1.76. The molecule has 138 valence electrons. The normalized spacial score (nSPS) is 16.3. The van der Waals surface area contributed by atoms with E-state index in [1.54, 1.807) is 36.5 Å². The fourth-order valence-electron chi connectivity index (χ4n) is 3.24. The summed E-state index contributed by atoms with van der Waals surface area (Å²) >= 11 is 0. The zero-order valence-corrected chi connectivity index (χ0v) is 14.8. The fourth-order valence-corrected chi connectivity index (χ4v) is 3.24. The van der Waals surface area contributed by atoms with Crippen LogP contribution in [0, 0.1) is 0 Å². The summed E-state index contributed by atoms with van der Waals surface area (Å²) in [7, 11) is 0. The van der Waals surface area contributed by atoms with Gasteiger partial charge in [0.05, 0.1) is 12.5 Å². The van der Waals surface area contributed by atoms with E-state index < -0.39 is 24.0 Å². The third-order valence-electron chi connectivity index (χ3n) is 4.53. The van der Waals surface area contributed by atoms with Gasteiger partial charge in [-0.1, -0.05) is 54.6 Å². The number of carboxylic acid groups (broad SMARTS) is 1. The van der Waals surface area contributed by atoms with Crippen molar-refractivity contribution in [1.29, 1.82) is 0 Å². The Morgan fingerprint density at radius 1 is 1.07 bits per heavy atom. The van der Waals surface area contributed by atoms with Crippen LogP contribution < -0.4 is 5.32 Å². The molecule has 0 aromatic heterocycles. The van der Waals surface area contributed by atoms with Gasteiger partial charge in [0.1, 0.15) is 0 Å². The van der Waals surface area contributed by atoms with E-state index in [9.17, 15) is 19.5 Å². The monoisotopic (exact) mass is 364 g/mol. The quantitative estimate of drug-likeness (QED) is 0.854. The van der Waals surface area contributed by atoms with Crippen molar-refractivity contribution in [2.75, 3.05) is 0 Å². The topological polar surface area (TPSA) is 86.7 Å². The summed E-state index contributed by atoms with van der Waals surface area (Å²) in [6.45, 7) is 1.44. The van der Waals surface area contributed by atoms with E-state index in [2.05, 4.69) is 5.32 Å². The van der Waals surface area contributed by atoms with Crippen LogP contribution in [0.2, 0.25) is 0 Å². The highest BCUT2D eigenvalue weighted by molar-refractivity contribution is 5.86. The predicted molar refractivity (Wildman–Crippen MR) is 100 cm³/mol. The molecule has 6 nitrogen and oxygen atoms in total. The average Bonchev–Trinajstić information content (AvgIpc) is 2.66. The number of carbonyl (C=O) groups excluding carboxylic acids is 2. The number of hydrogen-bond acceptors (Lipinski definition) is 3. The van der Waals surface area contributed by atoms with E-state index in [0.717, 1.165) is 11.1 Å². The molecule has 0 fully saturated rings. The molecule has 2 aromatic rings. The molecule has 1 aliphatic rings. The van der Waals surface area contributed by atoms with E-state index in [0.29, 0.717) is 5.56 Å². The lowest BCUT2D eigenvalue weighted by Crippen LogP contribution is -2.38. The van der Waals surface area contributed by atoms with Crippen molar-refractivity contribution in [3.63, 3.8) is 0 Å². The number of amides is 2. The molecular weight excluding hydrogens is 344 g/mol. The molecule has 0 bridgehead atoms. The molecule has 2 amide bonds. The van der Waals surface area contributed by atoms with E-state index >= 15 is 0 Å². The van der Waals surface area contributed by atoms with Crippen molar-refractivity contribution in [1.82, 2.24) is 10.2 Å². The van der Waals surface area contributed by atoms with Crippen molar-refractivity contribution < 1.29 is 19.5 Å². The molecule has 1 aliphatic heterocycles. The number of nitrogens with zero attached hydrogens (tertiary/aromatic N) is 1. The van der Waals surface area contributed by atoms with Crippen molar-refractivity contribution in [3.8, 4) is 0 Å². The molecular formula is C21H20N2O4. The van der Waals surface area contributed by atoms with Crippen molar-refractivity contribution >= 4 is 23.9 Å². The van der Waals surface area contributed by atoms with Crippen molar-refractivity contribution in [2.45, 2.75) is 25.4 Å². The van der Waals surface area contributed by atoms with Crippen molar-refractivity contribution in [2.24, 2.45) is 0 Å². The summed E-state index contributed by atoms with van der Waals surface area (Å²) in [6.07, 6.45) is 3.46. The van der Waals surface area contributed by atoms with Crippen LogP contribution in [-0.2, 0) is 14.4 Å². The molecule has 0 spiro atoms. The zero-order valence-electron chi connectivity index (χ0n) is 14.8. The minimum Gasteiger partial charge on any atom is -0.479 e. The molecule has 0 radical (unpaired) electrons. The molecule has 2 atom stereocenters. The number of aliphatic carboxylic acids is 1. The zero-order chi connectivity index (χ0) is 19.4. The maximum atomic E-state index is 12.6. The summed E-state index contributed by atoms with van der Waals surface area (Å²) in [4.78, 5) is 37.8.